The second kappa shape index (κ2) is 12.9. The van der Waals surface area contributed by atoms with Crippen molar-refractivity contribution in [3.8, 4) is 0 Å². The lowest BCUT2D eigenvalue weighted by Gasteiger charge is -2.24. The number of benzene rings is 3. The molecule has 15 heteroatoms. The highest BCUT2D eigenvalue weighted by atomic mass is 35.5. The van der Waals surface area contributed by atoms with Crippen molar-refractivity contribution in [2.45, 2.75) is 26.8 Å². The number of nitrogens with one attached hydrogen (secondary N) is 1. The standard InChI is InChI=1S/C30H30Cl2N4O6S3/c1-4-34-25-16-22(31)23(32)17-26(25)35(12-7-13-45(40,41)42)28(34)14-19(2)15-29-36(18-27(37)33-44(3,38)39)24-11-10-20-8-5-6-9-21(20)30(24)43-29/h5-6,8-11,14-17H,4,7,12-13,18H2,1-3H3,(H-,33,37,40,41,42)/p+1. The van der Waals surface area contributed by atoms with Gasteiger partial charge in [0.15, 0.2) is 0 Å². The van der Waals surface area contributed by atoms with Crippen LogP contribution in [0.1, 0.15) is 25.3 Å². The van der Waals surface area contributed by atoms with Crippen LogP contribution in [0.3, 0.4) is 0 Å². The van der Waals surface area contributed by atoms with Crippen LogP contribution in [0.4, 0.5) is 11.4 Å². The quantitative estimate of drug-likeness (QED) is 0.161. The van der Waals surface area contributed by atoms with Crippen LogP contribution in [0, 0.1) is 0 Å². The Labute approximate surface area is 276 Å². The molecule has 0 atom stereocenters. The normalized spacial score (nSPS) is 15.0. The minimum absolute atomic E-state index is 0.162. The number of halogens is 2. The number of rotatable bonds is 10. The molecule has 0 saturated heterocycles. The van der Waals surface area contributed by atoms with E-state index >= 15 is 0 Å². The molecule has 45 heavy (non-hydrogen) atoms. The number of sulfonamides is 1. The molecule has 0 fully saturated rings. The second-order valence-corrected chi connectivity index (χ2v) is 15.8. The highest BCUT2D eigenvalue weighted by Crippen LogP contribution is 2.46. The Morgan fingerprint density at radius 1 is 1.04 bits per heavy atom. The molecule has 0 aliphatic carbocycles. The molecule has 5 rings (SSSR count). The zero-order valence-electron chi connectivity index (χ0n) is 24.6. The van der Waals surface area contributed by atoms with Gasteiger partial charge in [-0.1, -0.05) is 58.8 Å². The van der Waals surface area contributed by atoms with Gasteiger partial charge in [-0.25, -0.2) is 13.1 Å². The Kier molecular flexibility index (Phi) is 9.50. The van der Waals surface area contributed by atoms with E-state index in [1.54, 1.807) is 16.7 Å². The molecule has 1 aromatic heterocycles. The van der Waals surface area contributed by atoms with Gasteiger partial charge in [0.1, 0.15) is 10.5 Å². The summed E-state index contributed by atoms with van der Waals surface area (Å²) in [6.07, 6.45) is 4.97. The predicted octanol–water partition coefficient (Wildman–Crippen LogP) is 5.59. The van der Waals surface area contributed by atoms with Crippen molar-refractivity contribution in [1.82, 2.24) is 4.72 Å². The van der Waals surface area contributed by atoms with Crippen LogP contribution in [0.15, 0.2) is 66.0 Å². The zero-order valence-corrected chi connectivity index (χ0v) is 28.6. The Hall–Kier alpha value is -3.20. The third-order valence-corrected chi connectivity index (χ3v) is 10.5. The molecule has 2 heterocycles. The molecule has 4 aromatic rings. The number of aromatic nitrogens is 1. The lowest BCUT2D eigenvalue weighted by molar-refractivity contribution is -0.655. The molecule has 3 aromatic carbocycles. The number of hydrogen-bond donors (Lipinski definition) is 2. The maximum Gasteiger partial charge on any atom is 0.299 e. The van der Waals surface area contributed by atoms with E-state index in [-0.39, 0.29) is 19.5 Å². The molecule has 1 aliphatic heterocycles. The Morgan fingerprint density at radius 2 is 1.71 bits per heavy atom. The first-order chi connectivity index (χ1) is 21.1. The Morgan fingerprint density at radius 3 is 2.36 bits per heavy atom. The lowest BCUT2D eigenvalue weighted by atomic mass is 10.1. The summed E-state index contributed by atoms with van der Waals surface area (Å²) in [5.74, 6) is -0.314. The fraction of sp³-hybridized carbons (Fsp3) is 0.267. The highest BCUT2D eigenvalue weighted by Gasteiger charge is 2.32. The predicted molar refractivity (Wildman–Crippen MR) is 182 cm³/mol. The van der Waals surface area contributed by atoms with Crippen LogP contribution in [-0.2, 0) is 31.5 Å². The molecule has 0 bridgehead atoms. The smallest absolute Gasteiger partial charge is 0.299 e. The van der Waals surface area contributed by atoms with Crippen LogP contribution < -0.4 is 19.1 Å². The molecule has 1 amide bonds. The summed E-state index contributed by atoms with van der Waals surface area (Å²) in [4.78, 5) is 16.8. The van der Waals surface area contributed by atoms with E-state index in [0.717, 1.165) is 55.0 Å². The van der Waals surface area contributed by atoms with E-state index in [1.807, 2.05) is 72.2 Å². The van der Waals surface area contributed by atoms with Gasteiger partial charge in [-0.05, 0) is 55.5 Å². The summed E-state index contributed by atoms with van der Waals surface area (Å²) in [6, 6.07) is 15.3. The highest BCUT2D eigenvalue weighted by molar-refractivity contribution is 7.89. The molecule has 1 aliphatic rings. The van der Waals surface area contributed by atoms with Crippen LogP contribution >= 0.6 is 34.5 Å². The molecule has 10 nitrogen and oxygen atoms in total. The van der Waals surface area contributed by atoms with Crippen molar-refractivity contribution < 1.29 is 30.7 Å². The minimum Gasteiger partial charge on any atom is -0.326 e. The Bertz CT molecular complexity index is 2110. The number of carbonyl (C=O) groups is 1. The first-order valence-electron chi connectivity index (χ1n) is 13.9. The number of hydrogen-bond acceptors (Lipinski definition) is 8. The summed E-state index contributed by atoms with van der Waals surface area (Å²) < 4.78 is 60.7. The fourth-order valence-electron chi connectivity index (χ4n) is 5.40. The van der Waals surface area contributed by atoms with Crippen LogP contribution in [0.25, 0.3) is 27.1 Å². The molecular weight excluding hydrogens is 679 g/mol. The van der Waals surface area contributed by atoms with Crippen molar-refractivity contribution in [1.29, 1.82) is 0 Å². The lowest BCUT2D eigenvalue weighted by Crippen LogP contribution is -2.45. The topological polar surface area (TPSA) is 128 Å². The van der Waals surface area contributed by atoms with E-state index in [9.17, 15) is 26.2 Å². The van der Waals surface area contributed by atoms with E-state index in [2.05, 4.69) is 4.72 Å². The molecule has 238 valence electrons. The third-order valence-electron chi connectivity index (χ3n) is 7.18. The van der Waals surface area contributed by atoms with Gasteiger partial charge >= 0.3 is 0 Å². The van der Waals surface area contributed by atoms with Crippen LogP contribution in [0.5, 0.6) is 0 Å². The van der Waals surface area contributed by atoms with Gasteiger partial charge < -0.3 is 9.80 Å². The number of fused-ring (bicyclic) bond motifs is 4. The van der Waals surface area contributed by atoms with Gasteiger partial charge in [0.2, 0.25) is 22.1 Å². The summed E-state index contributed by atoms with van der Waals surface area (Å²) in [7, 11) is -7.90. The van der Waals surface area contributed by atoms with Crippen LogP contribution in [-0.4, -0.2) is 52.4 Å². The third kappa shape index (κ3) is 7.45. The van der Waals surface area contributed by atoms with Gasteiger partial charge in [-0.2, -0.15) is 13.0 Å². The fourth-order valence-corrected chi connectivity index (χ4v) is 8.00. The maximum atomic E-state index is 12.8. The summed E-state index contributed by atoms with van der Waals surface area (Å²) in [5.41, 5.74) is 3.15. The zero-order chi connectivity index (χ0) is 32.7. The molecule has 0 saturated carbocycles. The van der Waals surface area contributed by atoms with E-state index in [1.165, 1.54) is 11.3 Å². The van der Waals surface area contributed by atoms with Crippen molar-refractivity contribution in [3.05, 3.63) is 81.1 Å². The summed E-state index contributed by atoms with van der Waals surface area (Å²) in [5, 5.41) is 3.50. The van der Waals surface area contributed by atoms with E-state index < -0.39 is 31.8 Å². The monoisotopic (exact) mass is 709 g/mol. The number of amides is 1. The van der Waals surface area contributed by atoms with E-state index in [0.29, 0.717) is 16.6 Å². The molecular formula is C30H31Cl2N4O6S3+. The largest absolute Gasteiger partial charge is 0.326 e. The van der Waals surface area contributed by atoms with Gasteiger partial charge in [0.25, 0.3) is 21.0 Å². The average molecular weight is 711 g/mol. The van der Waals surface area contributed by atoms with Gasteiger partial charge in [0, 0.05) is 30.6 Å². The van der Waals surface area contributed by atoms with Crippen molar-refractivity contribution in [3.63, 3.8) is 0 Å². The number of nitrogens with zero attached hydrogens (tertiary/aromatic N) is 3. The van der Waals surface area contributed by atoms with Crippen molar-refractivity contribution >= 4 is 99.0 Å². The molecule has 0 spiro atoms. The van der Waals surface area contributed by atoms with Gasteiger partial charge in [-0.3, -0.25) is 9.35 Å². The minimum atomic E-state index is -4.15. The molecule has 2 N–H and O–H groups in total. The first kappa shape index (κ1) is 33.2. The first-order valence-corrected chi connectivity index (χ1v) is 19.0. The van der Waals surface area contributed by atoms with Crippen molar-refractivity contribution in [2.75, 3.05) is 34.9 Å². The van der Waals surface area contributed by atoms with Gasteiger partial charge in [0.05, 0.1) is 33.4 Å². The van der Waals surface area contributed by atoms with Crippen molar-refractivity contribution in [2.24, 2.45) is 0 Å². The summed E-state index contributed by atoms with van der Waals surface area (Å²) >= 11 is 14.2. The molecule has 0 radical (unpaired) electrons. The van der Waals surface area contributed by atoms with Crippen LogP contribution in [0.2, 0.25) is 10.0 Å². The number of carbonyl (C=O) groups excluding carboxylic acids is 1. The van der Waals surface area contributed by atoms with E-state index in [4.69, 9.17) is 23.2 Å². The number of anilines is 2. The van der Waals surface area contributed by atoms with Gasteiger partial charge in [-0.15, -0.1) is 0 Å². The average Bonchev–Trinajstić information content (AvgIpc) is 3.41. The maximum absolute atomic E-state index is 12.8. The summed E-state index contributed by atoms with van der Waals surface area (Å²) in [6.45, 7) is 4.52. The Balaban J connectivity index is 1.62. The number of thiazole rings is 1. The molecule has 0 unspecified atom stereocenters. The SMILES string of the molecule is CCN1/C(=C\C(C)=C/c2sc3c4ccccc4ccc3[n+]2CC(=O)NS(C)(=O)=O)N(CCCS(=O)(=O)O)c2cc(Cl)c(Cl)cc21. The second-order valence-electron chi connectivity index (χ2n) is 10.6. The number of allylic oxidation sites excluding steroid dienone is 2.